The fourth-order valence-electron chi connectivity index (χ4n) is 2.82. The van der Waals surface area contributed by atoms with Crippen molar-refractivity contribution >= 4 is 38.1 Å². The molecular weight excluding hydrogens is 380 g/mol. The van der Waals surface area contributed by atoms with Crippen molar-refractivity contribution in [2.24, 2.45) is 17.3 Å². The second-order valence-corrected chi connectivity index (χ2v) is 7.02. The lowest BCUT2D eigenvalue weighted by Crippen LogP contribution is -2.19. The van der Waals surface area contributed by atoms with Gasteiger partial charge in [0.2, 0.25) is 5.13 Å². The Balaban J connectivity index is 1.73. The zero-order valence-corrected chi connectivity index (χ0v) is 15.8. The largest absolute Gasteiger partial charge is 0.299 e. The summed E-state index contributed by atoms with van der Waals surface area (Å²) < 4.78 is 3.87. The van der Waals surface area contributed by atoms with Crippen molar-refractivity contribution in [2.75, 3.05) is 0 Å². The van der Waals surface area contributed by atoms with Crippen LogP contribution in [-0.4, -0.2) is 19.3 Å². The molecule has 4 aromatic rings. The Hall–Kier alpha value is -3.66. The van der Waals surface area contributed by atoms with Crippen molar-refractivity contribution in [1.82, 2.24) is 14.3 Å². The molecule has 0 bridgehead atoms. The van der Waals surface area contributed by atoms with Gasteiger partial charge in [-0.2, -0.15) is 0 Å². The third kappa shape index (κ3) is 2.99. The maximum absolute atomic E-state index is 12.8. The molecule has 9 nitrogen and oxygen atoms in total. The maximum Gasteiger partial charge on any atom is 0.299 e. The van der Waals surface area contributed by atoms with Gasteiger partial charge in [0.1, 0.15) is 0 Å². The molecule has 0 radical (unpaired) electrons. The lowest BCUT2D eigenvalue weighted by atomic mass is 10.3. The highest BCUT2D eigenvalue weighted by molar-refractivity contribution is 7.21. The van der Waals surface area contributed by atoms with E-state index in [2.05, 4.69) is 15.2 Å². The van der Waals surface area contributed by atoms with E-state index in [0.717, 1.165) is 5.69 Å². The van der Waals surface area contributed by atoms with Crippen LogP contribution < -0.4 is 5.56 Å². The van der Waals surface area contributed by atoms with Gasteiger partial charge < -0.3 is 0 Å². The monoisotopic (exact) mass is 394 g/mol. The Morgan fingerprint density at radius 3 is 2.61 bits per heavy atom. The minimum Gasteiger partial charge on any atom is -0.283 e. The third-order valence-corrected chi connectivity index (χ3v) is 5.23. The van der Waals surface area contributed by atoms with Crippen LogP contribution in [0.2, 0.25) is 0 Å². The number of nitrogens with zero attached hydrogens (tertiary/aromatic N) is 6. The maximum atomic E-state index is 12.8. The van der Waals surface area contributed by atoms with Crippen molar-refractivity contribution in [1.29, 1.82) is 0 Å². The second kappa shape index (κ2) is 6.82. The molecule has 0 aliphatic rings. The smallest absolute Gasteiger partial charge is 0.283 e. The summed E-state index contributed by atoms with van der Waals surface area (Å²) >= 11 is 1.18. The van der Waals surface area contributed by atoms with Crippen LogP contribution in [0.5, 0.6) is 0 Å². The summed E-state index contributed by atoms with van der Waals surface area (Å²) in [7, 11) is 1.78. The van der Waals surface area contributed by atoms with Gasteiger partial charge in [-0.3, -0.25) is 19.6 Å². The van der Waals surface area contributed by atoms with E-state index < -0.39 is 4.92 Å². The third-order valence-electron chi connectivity index (χ3n) is 4.33. The average molecular weight is 394 g/mol. The Bertz CT molecular complexity index is 1290. The van der Waals surface area contributed by atoms with Crippen LogP contribution in [0.25, 0.3) is 15.9 Å². The first-order valence-corrected chi connectivity index (χ1v) is 9.08. The van der Waals surface area contributed by atoms with Gasteiger partial charge >= 0.3 is 0 Å². The zero-order chi connectivity index (χ0) is 19.8. The molecule has 2 aromatic carbocycles. The molecular formula is C18H14N6O3S. The van der Waals surface area contributed by atoms with E-state index in [4.69, 9.17) is 0 Å². The predicted molar refractivity (Wildman–Crippen MR) is 106 cm³/mol. The number of benzene rings is 2. The van der Waals surface area contributed by atoms with Crippen LogP contribution in [0.15, 0.2) is 63.6 Å². The van der Waals surface area contributed by atoms with Gasteiger partial charge in [-0.15, -0.1) is 10.2 Å². The van der Waals surface area contributed by atoms with Crippen molar-refractivity contribution in [3.05, 3.63) is 74.7 Å². The molecule has 4 rings (SSSR count). The molecule has 140 valence electrons. The molecule has 28 heavy (non-hydrogen) atoms. The molecule has 0 aliphatic heterocycles. The first-order chi connectivity index (χ1) is 13.5. The summed E-state index contributed by atoms with van der Waals surface area (Å²) in [5.41, 5.74) is 1.91. The van der Waals surface area contributed by atoms with Gasteiger partial charge in [-0.1, -0.05) is 29.5 Å². The summed E-state index contributed by atoms with van der Waals surface area (Å²) in [5, 5.41) is 19.4. The molecule has 2 heterocycles. The molecule has 0 aliphatic carbocycles. The molecule has 0 saturated heterocycles. The zero-order valence-electron chi connectivity index (χ0n) is 14.9. The van der Waals surface area contributed by atoms with Gasteiger partial charge in [-0.05, 0) is 25.1 Å². The van der Waals surface area contributed by atoms with E-state index in [1.807, 2.05) is 30.3 Å². The van der Waals surface area contributed by atoms with Gasteiger partial charge in [0.25, 0.3) is 11.2 Å². The molecule has 0 saturated carbocycles. The molecule has 0 atom stereocenters. The van der Waals surface area contributed by atoms with E-state index in [9.17, 15) is 14.9 Å². The lowest BCUT2D eigenvalue weighted by molar-refractivity contribution is -0.384. The van der Waals surface area contributed by atoms with E-state index in [0.29, 0.717) is 21.0 Å². The fourth-order valence-corrected chi connectivity index (χ4v) is 3.64. The number of nitro groups is 1. The summed E-state index contributed by atoms with van der Waals surface area (Å²) in [6.45, 7) is 1.79. The standard InChI is InChI=1S/C18H14N6O3S/c1-11-16(17(25)23(22(11)2)12-6-4-3-5-7-12)20-21-18-19-14-9-8-13(24(26)27)10-15(14)28-18/h3-10H,1-2H3. The molecule has 0 fully saturated rings. The Kier molecular flexibility index (Phi) is 4.32. The highest BCUT2D eigenvalue weighted by atomic mass is 32.1. The Morgan fingerprint density at radius 2 is 1.89 bits per heavy atom. The van der Waals surface area contributed by atoms with Crippen LogP contribution in [0, 0.1) is 17.0 Å². The molecule has 0 spiro atoms. The fraction of sp³-hybridized carbons (Fsp3) is 0.111. The minimum atomic E-state index is -0.459. The quantitative estimate of drug-likeness (QED) is 0.290. The van der Waals surface area contributed by atoms with Gasteiger partial charge in [0, 0.05) is 19.2 Å². The van der Waals surface area contributed by atoms with Crippen molar-refractivity contribution in [3.8, 4) is 5.69 Å². The topological polar surface area (TPSA) is 108 Å². The van der Waals surface area contributed by atoms with Gasteiger partial charge in [-0.25, -0.2) is 9.67 Å². The van der Waals surface area contributed by atoms with Crippen LogP contribution in [0.4, 0.5) is 16.5 Å². The van der Waals surface area contributed by atoms with Crippen LogP contribution in [0.3, 0.4) is 0 Å². The van der Waals surface area contributed by atoms with Crippen LogP contribution in [0.1, 0.15) is 5.69 Å². The molecule has 0 N–H and O–H groups in total. The molecule has 0 unspecified atom stereocenters. The summed E-state index contributed by atoms with van der Waals surface area (Å²) in [5.74, 6) is 0. The number of fused-ring (bicyclic) bond motifs is 1. The van der Waals surface area contributed by atoms with E-state index in [1.165, 1.54) is 28.2 Å². The Morgan fingerprint density at radius 1 is 1.14 bits per heavy atom. The highest BCUT2D eigenvalue weighted by Gasteiger charge is 2.16. The van der Waals surface area contributed by atoms with E-state index >= 15 is 0 Å². The summed E-state index contributed by atoms with van der Waals surface area (Å²) in [6.07, 6.45) is 0. The number of rotatable bonds is 4. The van der Waals surface area contributed by atoms with Crippen molar-refractivity contribution < 1.29 is 4.92 Å². The first-order valence-electron chi connectivity index (χ1n) is 8.26. The number of aromatic nitrogens is 3. The van der Waals surface area contributed by atoms with Crippen LogP contribution in [-0.2, 0) is 7.05 Å². The Labute approximate surface area is 162 Å². The number of nitro benzene ring substituents is 1. The van der Waals surface area contributed by atoms with E-state index in [-0.39, 0.29) is 16.9 Å². The van der Waals surface area contributed by atoms with Crippen LogP contribution >= 0.6 is 11.3 Å². The average Bonchev–Trinajstić information content (AvgIpc) is 3.19. The number of thiazole rings is 1. The van der Waals surface area contributed by atoms with Crippen molar-refractivity contribution in [2.45, 2.75) is 6.92 Å². The number of hydrogen-bond donors (Lipinski definition) is 0. The first kappa shape index (κ1) is 17.7. The van der Waals surface area contributed by atoms with Crippen molar-refractivity contribution in [3.63, 3.8) is 0 Å². The molecule has 2 aromatic heterocycles. The highest BCUT2D eigenvalue weighted by Crippen LogP contribution is 2.31. The SMILES string of the molecule is Cc1c(N=Nc2nc3ccc([N+](=O)[O-])cc3s2)c(=O)n(-c2ccccc2)n1C. The lowest BCUT2D eigenvalue weighted by Gasteiger charge is -2.07. The van der Waals surface area contributed by atoms with E-state index in [1.54, 1.807) is 24.7 Å². The molecule has 0 amide bonds. The van der Waals surface area contributed by atoms with Gasteiger partial charge in [0.15, 0.2) is 5.69 Å². The number of hydrogen-bond acceptors (Lipinski definition) is 7. The summed E-state index contributed by atoms with van der Waals surface area (Å²) in [4.78, 5) is 27.6. The minimum absolute atomic E-state index is 0.00992. The molecule has 10 heteroatoms. The normalized spacial score (nSPS) is 11.5. The van der Waals surface area contributed by atoms with Gasteiger partial charge in [0.05, 0.1) is 26.5 Å². The number of para-hydroxylation sites is 1. The number of non-ortho nitro benzene ring substituents is 1. The predicted octanol–water partition coefficient (Wildman–Crippen LogP) is 4.42. The summed E-state index contributed by atoms with van der Waals surface area (Å²) in [6, 6.07) is 13.7. The number of azo groups is 1. The second-order valence-electron chi connectivity index (χ2n) is 6.02.